The Hall–Kier alpha value is -5.49. The third-order valence-corrected chi connectivity index (χ3v) is 11.1. The van der Waals surface area contributed by atoms with Crippen LogP contribution in [0.4, 0.5) is 0 Å². The largest absolute Gasteiger partial charge is 0.375 e. The van der Waals surface area contributed by atoms with Gasteiger partial charge in [0, 0.05) is 16.5 Å². The monoisotopic (exact) mass is 687 g/mol. The molecule has 51 heavy (non-hydrogen) atoms. The molecule has 1 heterocycles. The summed E-state index contributed by atoms with van der Waals surface area (Å²) in [5.74, 6) is 0. The number of allylic oxidation sites excluding steroid dienone is 1. The van der Waals surface area contributed by atoms with Crippen molar-refractivity contribution in [1.82, 2.24) is 4.98 Å². The summed E-state index contributed by atoms with van der Waals surface area (Å²) in [6.45, 7) is 7.90. The predicted octanol–water partition coefficient (Wildman–Crippen LogP) is 11.0. The number of sulfone groups is 1. The molecule has 0 fully saturated rings. The van der Waals surface area contributed by atoms with Gasteiger partial charge in [-0.1, -0.05) is 172 Å². The smallest absolute Gasteiger partial charge is 0.206 e. The predicted molar refractivity (Wildman–Crippen MR) is 210 cm³/mol. The molecule has 0 saturated carbocycles. The second-order valence-electron chi connectivity index (χ2n) is 14.2. The van der Waals surface area contributed by atoms with Crippen molar-refractivity contribution in [3.63, 3.8) is 0 Å². The van der Waals surface area contributed by atoms with E-state index in [0.29, 0.717) is 27.8 Å². The zero-order chi connectivity index (χ0) is 35.8. The number of rotatable bonds is 8. The molecule has 7 aromatic rings. The van der Waals surface area contributed by atoms with Crippen LogP contribution in [0.3, 0.4) is 0 Å². The first-order chi connectivity index (χ1) is 24.4. The summed E-state index contributed by atoms with van der Waals surface area (Å²) < 4.78 is 29.7. The molecule has 7 rings (SSSR count). The molecule has 0 radical (unpaired) electrons. The Bertz CT molecular complexity index is 2350. The van der Waals surface area contributed by atoms with E-state index in [-0.39, 0.29) is 9.80 Å². The normalized spacial score (nSPS) is 12.7. The van der Waals surface area contributed by atoms with Crippen molar-refractivity contribution in [3.05, 3.63) is 192 Å². The molecular weight excluding hydrogens is 647 g/mol. The van der Waals surface area contributed by atoms with Crippen LogP contribution in [0.15, 0.2) is 169 Å². The van der Waals surface area contributed by atoms with Crippen LogP contribution in [0.25, 0.3) is 38.1 Å². The lowest BCUT2D eigenvalue weighted by atomic mass is 9.80. The van der Waals surface area contributed by atoms with E-state index in [1.807, 2.05) is 155 Å². The molecular formula is C46H41NO3S. The standard InChI is InChI=1S/C46H41NO3S/c1-32-19-29-39(30-20-32)51(49,50)42(31-45(2,3)4)43-40-17-11-12-18-41(40)47-44(43)46(48,37-25-21-35(22-26-37)33-13-7-5-8-14-33)38-27-23-36(24-28-38)34-15-9-6-10-16-34/h5-31,47-48H,1-4H3/b42-31+. The summed E-state index contributed by atoms with van der Waals surface area (Å²) in [7, 11) is -4.07. The van der Waals surface area contributed by atoms with Crippen molar-refractivity contribution in [2.45, 2.75) is 38.2 Å². The van der Waals surface area contributed by atoms with Crippen LogP contribution in [0, 0.1) is 12.3 Å². The van der Waals surface area contributed by atoms with E-state index in [9.17, 15) is 13.5 Å². The number of hydrogen-bond donors (Lipinski definition) is 2. The maximum Gasteiger partial charge on any atom is 0.206 e. The molecule has 6 aromatic carbocycles. The number of hydrogen-bond acceptors (Lipinski definition) is 3. The van der Waals surface area contributed by atoms with Gasteiger partial charge in [0.2, 0.25) is 9.84 Å². The highest BCUT2D eigenvalue weighted by Gasteiger charge is 2.41. The lowest BCUT2D eigenvalue weighted by Gasteiger charge is -2.31. The first-order valence-corrected chi connectivity index (χ1v) is 18.6. The van der Waals surface area contributed by atoms with Gasteiger partial charge in [0.15, 0.2) is 5.60 Å². The minimum absolute atomic E-state index is 0.145. The Morgan fingerprint density at radius 3 is 1.53 bits per heavy atom. The first-order valence-electron chi connectivity index (χ1n) is 17.2. The van der Waals surface area contributed by atoms with Gasteiger partial charge in [-0.2, -0.15) is 0 Å². The van der Waals surface area contributed by atoms with E-state index in [1.54, 1.807) is 12.1 Å². The highest BCUT2D eigenvalue weighted by atomic mass is 32.2. The molecule has 0 saturated heterocycles. The molecule has 4 nitrogen and oxygen atoms in total. The Balaban J connectivity index is 1.52. The third kappa shape index (κ3) is 6.59. The van der Waals surface area contributed by atoms with Gasteiger partial charge in [0.1, 0.15) is 0 Å². The topological polar surface area (TPSA) is 70.2 Å². The van der Waals surface area contributed by atoms with Crippen LogP contribution in [-0.4, -0.2) is 18.5 Å². The summed E-state index contributed by atoms with van der Waals surface area (Å²) in [5, 5.41) is 14.2. The minimum atomic E-state index is -4.07. The number of aliphatic hydroxyl groups is 1. The molecule has 0 spiro atoms. The number of aromatic nitrogens is 1. The number of aryl methyl sites for hydroxylation is 1. The van der Waals surface area contributed by atoms with Crippen molar-refractivity contribution in [2.24, 2.45) is 5.41 Å². The lowest BCUT2D eigenvalue weighted by Crippen LogP contribution is -2.31. The van der Waals surface area contributed by atoms with Gasteiger partial charge < -0.3 is 10.1 Å². The van der Waals surface area contributed by atoms with Gasteiger partial charge in [-0.05, 0) is 63.9 Å². The quantitative estimate of drug-likeness (QED) is 0.167. The van der Waals surface area contributed by atoms with Crippen LogP contribution < -0.4 is 0 Å². The molecule has 1 aromatic heterocycles. The van der Waals surface area contributed by atoms with Crippen molar-refractivity contribution in [2.75, 3.05) is 0 Å². The Morgan fingerprint density at radius 2 is 1.04 bits per heavy atom. The second kappa shape index (κ2) is 13.3. The van der Waals surface area contributed by atoms with E-state index in [1.165, 1.54) is 0 Å². The molecule has 0 aliphatic heterocycles. The molecule has 0 bridgehead atoms. The minimum Gasteiger partial charge on any atom is -0.375 e. The number of H-pyrrole nitrogens is 1. The first kappa shape index (κ1) is 34.0. The highest BCUT2D eigenvalue weighted by Crippen LogP contribution is 2.46. The lowest BCUT2D eigenvalue weighted by molar-refractivity contribution is 0.121. The molecule has 0 atom stereocenters. The van der Waals surface area contributed by atoms with Crippen LogP contribution >= 0.6 is 0 Å². The number of aromatic amines is 1. The van der Waals surface area contributed by atoms with E-state index >= 15 is 0 Å². The van der Waals surface area contributed by atoms with Crippen LogP contribution in [0.1, 0.15) is 48.7 Å². The summed E-state index contributed by atoms with van der Waals surface area (Å²) in [6, 6.07) is 50.6. The summed E-state index contributed by atoms with van der Waals surface area (Å²) in [6.07, 6.45) is 1.82. The van der Waals surface area contributed by atoms with Crippen molar-refractivity contribution >= 4 is 25.6 Å². The number of fused-ring (bicyclic) bond motifs is 1. The fraction of sp³-hybridized carbons (Fsp3) is 0.130. The molecule has 5 heteroatoms. The van der Waals surface area contributed by atoms with Crippen molar-refractivity contribution < 1.29 is 13.5 Å². The van der Waals surface area contributed by atoms with Crippen LogP contribution in [-0.2, 0) is 15.4 Å². The average molecular weight is 688 g/mol. The second-order valence-corrected chi connectivity index (χ2v) is 16.1. The van der Waals surface area contributed by atoms with E-state index in [2.05, 4.69) is 29.2 Å². The fourth-order valence-electron chi connectivity index (χ4n) is 6.72. The number of para-hydroxylation sites is 1. The van der Waals surface area contributed by atoms with E-state index in [0.717, 1.165) is 33.3 Å². The Morgan fingerprint density at radius 1 is 0.588 bits per heavy atom. The summed E-state index contributed by atoms with van der Waals surface area (Å²) in [5.41, 5.74) is 5.57. The average Bonchev–Trinajstić information content (AvgIpc) is 3.54. The van der Waals surface area contributed by atoms with Crippen LogP contribution in [0.2, 0.25) is 0 Å². The molecule has 0 aliphatic carbocycles. The van der Waals surface area contributed by atoms with Gasteiger partial charge >= 0.3 is 0 Å². The fourth-order valence-corrected chi connectivity index (χ4v) is 8.45. The Kier molecular flexibility index (Phi) is 8.88. The van der Waals surface area contributed by atoms with E-state index in [4.69, 9.17) is 0 Å². The van der Waals surface area contributed by atoms with Crippen LogP contribution in [0.5, 0.6) is 0 Å². The molecule has 0 unspecified atom stereocenters. The number of benzene rings is 6. The summed E-state index contributed by atoms with van der Waals surface area (Å²) >= 11 is 0. The molecule has 254 valence electrons. The zero-order valence-electron chi connectivity index (χ0n) is 29.3. The summed E-state index contributed by atoms with van der Waals surface area (Å²) in [4.78, 5) is 3.88. The number of nitrogens with one attached hydrogen (secondary N) is 1. The maximum atomic E-state index is 14.9. The molecule has 0 amide bonds. The van der Waals surface area contributed by atoms with E-state index < -0.39 is 20.9 Å². The molecule has 0 aliphatic rings. The van der Waals surface area contributed by atoms with Crippen molar-refractivity contribution in [3.8, 4) is 22.3 Å². The van der Waals surface area contributed by atoms with Crippen molar-refractivity contribution in [1.29, 1.82) is 0 Å². The maximum absolute atomic E-state index is 14.9. The van der Waals surface area contributed by atoms with Gasteiger partial charge in [0.25, 0.3) is 0 Å². The van der Waals surface area contributed by atoms with Gasteiger partial charge in [0.05, 0.1) is 15.5 Å². The van der Waals surface area contributed by atoms with Gasteiger partial charge in [-0.15, -0.1) is 0 Å². The van der Waals surface area contributed by atoms with Gasteiger partial charge in [-0.25, -0.2) is 8.42 Å². The van der Waals surface area contributed by atoms with Gasteiger partial charge in [-0.3, -0.25) is 0 Å². The Labute approximate surface area is 300 Å². The SMILES string of the molecule is Cc1ccc(S(=O)(=O)/C(=C/C(C)(C)C)c2c(C(O)(c3ccc(-c4ccccc4)cc3)c3ccc(-c4ccccc4)cc3)[nH]c3ccccc23)cc1. The zero-order valence-corrected chi connectivity index (χ0v) is 30.1. The molecule has 2 N–H and O–H groups in total. The highest BCUT2D eigenvalue weighted by molar-refractivity contribution is 8.00. The third-order valence-electron chi connectivity index (χ3n) is 9.32.